The van der Waals surface area contributed by atoms with Gasteiger partial charge in [0.25, 0.3) is 11.8 Å². The molecule has 0 aromatic heterocycles. The van der Waals surface area contributed by atoms with Crippen molar-refractivity contribution in [1.29, 1.82) is 0 Å². The number of benzene rings is 2. The van der Waals surface area contributed by atoms with Crippen LogP contribution in [0, 0.1) is 5.82 Å². The van der Waals surface area contributed by atoms with E-state index in [0.29, 0.717) is 29.9 Å². The van der Waals surface area contributed by atoms with E-state index in [0.717, 1.165) is 0 Å². The molecular weight excluding hydrogens is 349 g/mol. The van der Waals surface area contributed by atoms with Gasteiger partial charge in [0.1, 0.15) is 5.82 Å². The summed E-state index contributed by atoms with van der Waals surface area (Å²) in [5, 5.41) is 6.33. The minimum absolute atomic E-state index is 0.0451. The van der Waals surface area contributed by atoms with Gasteiger partial charge in [-0.15, -0.1) is 0 Å². The van der Waals surface area contributed by atoms with Gasteiger partial charge in [-0.2, -0.15) is 0 Å². The zero-order valence-corrected chi connectivity index (χ0v) is 15.3. The monoisotopic (exact) mass is 371 g/mol. The molecule has 0 bridgehead atoms. The first-order chi connectivity index (χ1) is 13.0. The molecule has 0 radical (unpaired) electrons. The smallest absolute Gasteiger partial charge is 0.265 e. The number of rotatable bonds is 8. The molecule has 0 saturated heterocycles. The molecular formula is C20H22FN3O3. The number of hydrogen-bond donors (Lipinski definition) is 1. The average Bonchev–Trinajstić information content (AvgIpc) is 2.68. The largest absolute Gasteiger partial charge is 0.386 e. The summed E-state index contributed by atoms with van der Waals surface area (Å²) in [7, 11) is 0. The standard InChI is InChI=1S/C20H22FN3O3/c1-3-24(4-2)20(26)16-7-11-18(12-8-16)23-19(25)14-27-22-13-15-5-9-17(21)10-6-15/h5-13H,3-4,14H2,1-2H3,(H,23,25)/b22-13+. The van der Waals surface area contributed by atoms with Crippen molar-refractivity contribution in [1.82, 2.24) is 4.90 Å². The van der Waals surface area contributed by atoms with Gasteiger partial charge < -0.3 is 15.1 Å². The molecule has 0 atom stereocenters. The predicted molar refractivity (Wildman–Crippen MR) is 102 cm³/mol. The highest BCUT2D eigenvalue weighted by Gasteiger charge is 2.12. The second-order valence-electron chi connectivity index (χ2n) is 5.66. The average molecular weight is 371 g/mol. The first kappa shape index (κ1) is 20.1. The highest BCUT2D eigenvalue weighted by Crippen LogP contribution is 2.11. The lowest BCUT2D eigenvalue weighted by atomic mass is 10.2. The summed E-state index contributed by atoms with van der Waals surface area (Å²) in [6.07, 6.45) is 1.39. The molecule has 7 heteroatoms. The Hall–Kier alpha value is -3.22. The van der Waals surface area contributed by atoms with Crippen LogP contribution in [-0.2, 0) is 9.63 Å². The number of carbonyl (C=O) groups excluding carboxylic acids is 2. The van der Waals surface area contributed by atoms with E-state index in [1.807, 2.05) is 13.8 Å². The maximum Gasteiger partial charge on any atom is 0.265 e. The molecule has 0 unspecified atom stereocenters. The van der Waals surface area contributed by atoms with Gasteiger partial charge in [-0.05, 0) is 55.8 Å². The fourth-order valence-electron chi connectivity index (χ4n) is 2.33. The van der Waals surface area contributed by atoms with Crippen LogP contribution in [0.5, 0.6) is 0 Å². The van der Waals surface area contributed by atoms with Crippen LogP contribution in [-0.4, -0.2) is 42.6 Å². The fourth-order valence-corrected chi connectivity index (χ4v) is 2.33. The SMILES string of the molecule is CCN(CC)C(=O)c1ccc(NC(=O)CO/N=C/c2ccc(F)cc2)cc1. The molecule has 2 amide bonds. The van der Waals surface area contributed by atoms with Crippen LogP contribution in [0.15, 0.2) is 53.7 Å². The van der Waals surface area contributed by atoms with Gasteiger partial charge >= 0.3 is 0 Å². The molecule has 6 nitrogen and oxygen atoms in total. The van der Waals surface area contributed by atoms with Crippen molar-refractivity contribution in [2.45, 2.75) is 13.8 Å². The molecule has 27 heavy (non-hydrogen) atoms. The third kappa shape index (κ3) is 6.22. The Morgan fingerprint density at radius 2 is 1.70 bits per heavy atom. The Kier molecular flexibility index (Phi) is 7.49. The van der Waals surface area contributed by atoms with Gasteiger partial charge in [-0.3, -0.25) is 9.59 Å². The van der Waals surface area contributed by atoms with Crippen LogP contribution in [0.25, 0.3) is 0 Å². The van der Waals surface area contributed by atoms with Gasteiger partial charge in [0.05, 0.1) is 6.21 Å². The van der Waals surface area contributed by atoms with E-state index >= 15 is 0 Å². The minimum atomic E-state index is -0.380. The van der Waals surface area contributed by atoms with Crippen LogP contribution in [0.3, 0.4) is 0 Å². The second kappa shape index (κ2) is 10.1. The second-order valence-corrected chi connectivity index (χ2v) is 5.66. The molecule has 2 rings (SSSR count). The van der Waals surface area contributed by atoms with Crippen LogP contribution in [0.4, 0.5) is 10.1 Å². The lowest BCUT2D eigenvalue weighted by molar-refractivity contribution is -0.120. The van der Waals surface area contributed by atoms with Gasteiger partial charge in [0, 0.05) is 24.3 Å². The van der Waals surface area contributed by atoms with Crippen LogP contribution >= 0.6 is 0 Å². The maximum absolute atomic E-state index is 12.8. The summed E-state index contributed by atoms with van der Waals surface area (Å²) in [6.45, 7) is 4.87. The number of nitrogens with zero attached hydrogens (tertiary/aromatic N) is 2. The topological polar surface area (TPSA) is 71.0 Å². The number of oxime groups is 1. The Labute approximate surface area is 157 Å². The van der Waals surface area contributed by atoms with E-state index in [1.54, 1.807) is 41.3 Å². The van der Waals surface area contributed by atoms with E-state index in [9.17, 15) is 14.0 Å². The van der Waals surface area contributed by atoms with E-state index < -0.39 is 0 Å². The summed E-state index contributed by atoms with van der Waals surface area (Å²) in [6, 6.07) is 12.4. The molecule has 0 spiro atoms. The van der Waals surface area contributed by atoms with E-state index in [1.165, 1.54) is 18.3 Å². The zero-order valence-electron chi connectivity index (χ0n) is 15.3. The van der Waals surface area contributed by atoms with Crippen molar-refractivity contribution in [3.8, 4) is 0 Å². The maximum atomic E-state index is 12.8. The van der Waals surface area contributed by atoms with Gasteiger partial charge in [-0.25, -0.2) is 4.39 Å². The molecule has 0 fully saturated rings. The minimum Gasteiger partial charge on any atom is -0.386 e. The Morgan fingerprint density at radius 1 is 1.07 bits per heavy atom. The van der Waals surface area contributed by atoms with Crippen LogP contribution in [0.1, 0.15) is 29.8 Å². The summed E-state index contributed by atoms with van der Waals surface area (Å²) >= 11 is 0. The Balaban J connectivity index is 1.81. The van der Waals surface area contributed by atoms with Crippen LogP contribution in [0.2, 0.25) is 0 Å². The normalized spacial score (nSPS) is 10.6. The number of anilines is 1. The van der Waals surface area contributed by atoms with Gasteiger partial charge in [-0.1, -0.05) is 17.3 Å². The highest BCUT2D eigenvalue weighted by molar-refractivity contribution is 5.96. The summed E-state index contributed by atoms with van der Waals surface area (Å²) in [5.41, 5.74) is 1.78. The van der Waals surface area contributed by atoms with E-state index in [4.69, 9.17) is 4.84 Å². The molecule has 0 saturated carbocycles. The number of amides is 2. The summed E-state index contributed by atoms with van der Waals surface area (Å²) in [5.74, 6) is -0.761. The molecule has 0 heterocycles. The lowest BCUT2D eigenvalue weighted by Gasteiger charge is -2.18. The zero-order chi connectivity index (χ0) is 19.6. The van der Waals surface area contributed by atoms with Crippen molar-refractivity contribution in [3.63, 3.8) is 0 Å². The van der Waals surface area contributed by atoms with E-state index in [2.05, 4.69) is 10.5 Å². The molecule has 2 aromatic carbocycles. The van der Waals surface area contributed by atoms with Crippen molar-refractivity contribution in [2.24, 2.45) is 5.16 Å². The third-order valence-corrected chi connectivity index (χ3v) is 3.81. The number of halogens is 1. The number of hydrogen-bond acceptors (Lipinski definition) is 4. The molecule has 0 aliphatic rings. The summed E-state index contributed by atoms with van der Waals surface area (Å²) < 4.78 is 12.8. The van der Waals surface area contributed by atoms with Crippen molar-refractivity contribution < 1.29 is 18.8 Å². The van der Waals surface area contributed by atoms with Crippen molar-refractivity contribution >= 4 is 23.7 Å². The van der Waals surface area contributed by atoms with Gasteiger partial charge in [0.2, 0.25) is 0 Å². The molecule has 2 aromatic rings. The first-order valence-corrected chi connectivity index (χ1v) is 8.63. The Bertz CT molecular complexity index is 785. The quantitative estimate of drug-likeness (QED) is 0.572. The highest BCUT2D eigenvalue weighted by atomic mass is 19.1. The summed E-state index contributed by atoms with van der Waals surface area (Å²) in [4.78, 5) is 30.7. The molecule has 0 aliphatic carbocycles. The van der Waals surface area contributed by atoms with Gasteiger partial charge in [0.15, 0.2) is 6.61 Å². The fraction of sp³-hybridized carbons (Fsp3) is 0.250. The third-order valence-electron chi connectivity index (χ3n) is 3.81. The number of carbonyl (C=O) groups is 2. The Morgan fingerprint density at radius 3 is 2.30 bits per heavy atom. The van der Waals surface area contributed by atoms with Crippen molar-refractivity contribution in [3.05, 3.63) is 65.5 Å². The molecule has 1 N–H and O–H groups in total. The molecule has 142 valence electrons. The molecule has 0 aliphatic heterocycles. The lowest BCUT2D eigenvalue weighted by Crippen LogP contribution is -2.30. The first-order valence-electron chi connectivity index (χ1n) is 8.63. The van der Waals surface area contributed by atoms with E-state index in [-0.39, 0.29) is 24.2 Å². The predicted octanol–water partition coefficient (Wildman–Crippen LogP) is 3.30. The number of nitrogens with one attached hydrogen (secondary N) is 1. The van der Waals surface area contributed by atoms with Crippen molar-refractivity contribution in [2.75, 3.05) is 25.0 Å². The van der Waals surface area contributed by atoms with Crippen LogP contribution < -0.4 is 5.32 Å².